The van der Waals surface area contributed by atoms with Crippen LogP contribution >= 0.6 is 17.9 Å². The fourth-order valence-electron chi connectivity index (χ4n) is 0. The first-order valence-corrected chi connectivity index (χ1v) is 8.27. The topological polar surface area (TPSA) is 40.5 Å². The summed E-state index contributed by atoms with van der Waals surface area (Å²) in [5.74, 6) is 1.36. The van der Waals surface area contributed by atoms with Gasteiger partial charge in [-0.3, -0.25) is 0 Å². The van der Waals surface area contributed by atoms with Gasteiger partial charge < -0.3 is 23.6 Å². The molecule has 0 unspecified atom stereocenters. The van der Waals surface area contributed by atoms with E-state index in [1.807, 2.05) is 0 Å². The zero-order valence-electron chi connectivity index (χ0n) is 10.2. The maximum absolute atomic E-state index is 7.87. The van der Waals surface area contributed by atoms with Crippen LogP contribution in [0.5, 0.6) is 0 Å². The van der Waals surface area contributed by atoms with Crippen molar-refractivity contribution in [2.75, 3.05) is 0 Å². The van der Waals surface area contributed by atoms with Crippen molar-refractivity contribution in [3.8, 4) is 0 Å². The van der Waals surface area contributed by atoms with Crippen molar-refractivity contribution in [3.05, 3.63) is 13.8 Å². The van der Waals surface area contributed by atoms with Crippen LogP contribution in [0.25, 0.3) is 0 Å². The second-order valence-electron chi connectivity index (χ2n) is 3.59. The van der Waals surface area contributed by atoms with Crippen molar-refractivity contribution in [1.29, 1.82) is 0 Å². The van der Waals surface area contributed by atoms with Crippen LogP contribution in [-0.2, 0) is 31.3 Å². The Hall–Kier alpha value is 1.54. The monoisotopic (exact) mass is 322 g/mol. The van der Waals surface area contributed by atoms with Crippen LogP contribution in [-0.4, -0.2) is 9.79 Å². The molecule has 0 saturated heterocycles. The summed E-state index contributed by atoms with van der Waals surface area (Å²) in [6.45, 7) is 15.8. The van der Waals surface area contributed by atoms with E-state index < -0.39 is 5.69 Å². The Balaban J connectivity index is -0.0000000590. The fourth-order valence-corrected chi connectivity index (χ4v) is 0. The molecule has 2 nitrogen and oxygen atoms in total. The average Bonchev–Trinajstić information content (AvgIpc) is 1.82. The number of rotatable bonds is 1. The molecule has 6 heteroatoms. The summed E-state index contributed by atoms with van der Waals surface area (Å²) in [6.07, 6.45) is 1.06. The van der Waals surface area contributed by atoms with E-state index >= 15 is 0 Å². The minimum Gasteiger partial charge on any atom is -0.343 e. The average molecular weight is 324 g/mol. The Morgan fingerprint density at radius 1 is 1.27 bits per heavy atom. The standard InChI is InChI=1S/C5H11.C4H9.H3O2PS2.Zn/c1-4-5(2)3;1-4(2)3;1-3(2,4)5;/h5H,1,4H2,2-3H3;4H,1H2,2-3H3;(H3,1,2,4,5);/q2*-1;;+2. The second-order valence-corrected chi connectivity index (χ2v) is 8.63. The molecule has 0 aromatic heterocycles. The molecule has 0 fully saturated rings. The van der Waals surface area contributed by atoms with Gasteiger partial charge in [0.05, 0.1) is 0 Å². The normalized spacial score (nSPS) is 9.53. The summed E-state index contributed by atoms with van der Waals surface area (Å²) in [5.41, 5.74) is -3.11. The molecule has 15 heavy (non-hydrogen) atoms. The Bertz CT molecular complexity index is 138. The Kier molecular flexibility index (Phi) is 26.3. The van der Waals surface area contributed by atoms with Gasteiger partial charge in [-0.05, 0) is 11.8 Å². The van der Waals surface area contributed by atoms with Crippen LogP contribution in [0.3, 0.4) is 0 Å². The molecular formula is C9H23O2PS2Zn. The molecule has 0 aliphatic heterocycles. The van der Waals surface area contributed by atoms with Crippen LogP contribution in [0.1, 0.15) is 34.1 Å². The van der Waals surface area contributed by atoms with E-state index in [2.05, 4.69) is 65.6 Å². The minimum absolute atomic E-state index is 0. The van der Waals surface area contributed by atoms with Crippen LogP contribution in [0.15, 0.2) is 0 Å². The van der Waals surface area contributed by atoms with E-state index in [4.69, 9.17) is 9.79 Å². The fraction of sp³-hybridized carbons (Fsp3) is 0.778. The van der Waals surface area contributed by atoms with Gasteiger partial charge in [0.2, 0.25) is 5.69 Å². The molecular weight excluding hydrogens is 301 g/mol. The van der Waals surface area contributed by atoms with Crippen molar-refractivity contribution in [2.45, 2.75) is 34.1 Å². The predicted molar refractivity (Wildman–Crippen MR) is 72.7 cm³/mol. The summed E-state index contributed by atoms with van der Waals surface area (Å²) in [7, 11) is 0. The molecule has 0 aliphatic carbocycles. The molecule has 0 aromatic carbocycles. The van der Waals surface area contributed by atoms with E-state index in [1.54, 1.807) is 0 Å². The van der Waals surface area contributed by atoms with Crippen molar-refractivity contribution >= 4 is 29.7 Å². The van der Waals surface area contributed by atoms with Crippen LogP contribution in [0.2, 0.25) is 0 Å². The molecule has 0 aliphatic rings. The van der Waals surface area contributed by atoms with Gasteiger partial charge >= 0.3 is 19.5 Å². The minimum atomic E-state index is -3.11. The largest absolute Gasteiger partial charge is 2.00 e. The second kappa shape index (κ2) is 15.5. The Morgan fingerprint density at radius 2 is 1.33 bits per heavy atom. The maximum atomic E-state index is 7.87. The number of hydrogen-bond donors (Lipinski definition) is 3. The van der Waals surface area contributed by atoms with E-state index in [-0.39, 0.29) is 19.5 Å². The molecule has 0 radical (unpaired) electrons. The quantitative estimate of drug-likeness (QED) is 0.299. The van der Waals surface area contributed by atoms with Gasteiger partial charge in [0, 0.05) is 0 Å². The molecule has 0 amide bonds. The van der Waals surface area contributed by atoms with Gasteiger partial charge in [-0.25, -0.2) is 0 Å². The van der Waals surface area contributed by atoms with Crippen LogP contribution < -0.4 is 0 Å². The van der Waals surface area contributed by atoms with Gasteiger partial charge in [-0.2, -0.15) is 12.3 Å². The molecule has 0 spiro atoms. The molecule has 0 atom stereocenters. The maximum Gasteiger partial charge on any atom is 2.00 e. The molecule has 0 bridgehead atoms. The third-order valence-electron chi connectivity index (χ3n) is 0.577. The summed E-state index contributed by atoms with van der Waals surface area (Å²) in [5, 5.41) is 0. The smallest absolute Gasteiger partial charge is 0.343 e. The Morgan fingerprint density at radius 3 is 1.33 bits per heavy atom. The van der Waals surface area contributed by atoms with E-state index in [1.165, 1.54) is 0 Å². The van der Waals surface area contributed by atoms with E-state index in [0.717, 1.165) is 12.3 Å². The molecule has 2 N–H and O–H groups in total. The van der Waals surface area contributed by atoms with Crippen molar-refractivity contribution in [2.24, 2.45) is 11.8 Å². The van der Waals surface area contributed by atoms with E-state index in [0.29, 0.717) is 5.92 Å². The van der Waals surface area contributed by atoms with Gasteiger partial charge in [0.1, 0.15) is 0 Å². The zero-order chi connectivity index (χ0) is 12.4. The van der Waals surface area contributed by atoms with E-state index in [9.17, 15) is 0 Å². The van der Waals surface area contributed by atoms with Crippen LogP contribution in [0, 0.1) is 25.7 Å². The van der Waals surface area contributed by atoms with Gasteiger partial charge in [-0.1, -0.05) is 45.9 Å². The predicted octanol–water partition coefficient (Wildman–Crippen LogP) is 3.47. The SMILES string of the molecule is OP(O)(=S)S.[CH2-]C(C)C.[CH2-]CC(C)C.[Zn+2]. The molecule has 90 valence electrons. The van der Waals surface area contributed by atoms with Crippen molar-refractivity contribution < 1.29 is 29.3 Å². The van der Waals surface area contributed by atoms with Crippen LogP contribution in [0.4, 0.5) is 0 Å². The van der Waals surface area contributed by atoms with Crippen molar-refractivity contribution in [3.63, 3.8) is 0 Å². The first kappa shape index (κ1) is 25.4. The first-order chi connectivity index (χ1) is 6.00. The molecule has 0 aromatic rings. The summed E-state index contributed by atoms with van der Waals surface area (Å²) in [4.78, 5) is 15.7. The first-order valence-electron chi connectivity index (χ1n) is 4.41. The van der Waals surface area contributed by atoms with Gasteiger partial charge in [0.25, 0.3) is 0 Å². The third-order valence-corrected chi connectivity index (χ3v) is 0.577. The summed E-state index contributed by atoms with van der Waals surface area (Å²) in [6, 6.07) is 0. The van der Waals surface area contributed by atoms with Gasteiger partial charge in [-0.15, -0.1) is 0 Å². The molecule has 0 heterocycles. The zero-order valence-corrected chi connectivity index (χ0v) is 15.8. The molecule has 0 rings (SSSR count). The summed E-state index contributed by atoms with van der Waals surface area (Å²) >= 11 is 7.07. The number of thiol groups is 1. The van der Waals surface area contributed by atoms with Gasteiger partial charge in [0.15, 0.2) is 0 Å². The molecule has 0 saturated carbocycles. The van der Waals surface area contributed by atoms with Crippen molar-refractivity contribution in [1.82, 2.24) is 0 Å². The third kappa shape index (κ3) is 227. The summed E-state index contributed by atoms with van der Waals surface area (Å²) < 4.78 is 0. The number of hydrogen-bond acceptors (Lipinski definition) is 1. The Labute approximate surface area is 118 Å².